The quantitative estimate of drug-likeness (QED) is 0.398. The molecule has 0 radical (unpaired) electrons. The van der Waals surface area contributed by atoms with Gasteiger partial charge in [0.2, 0.25) is 11.8 Å². The van der Waals surface area contributed by atoms with Gasteiger partial charge in [-0.05, 0) is 23.3 Å². The van der Waals surface area contributed by atoms with E-state index in [2.05, 4.69) is 33.4 Å². The number of fused-ring (bicyclic) bond motifs is 2. The van der Waals surface area contributed by atoms with Gasteiger partial charge in [0.1, 0.15) is 12.1 Å². The van der Waals surface area contributed by atoms with Gasteiger partial charge < -0.3 is 20.6 Å². The van der Waals surface area contributed by atoms with Crippen LogP contribution in [0.25, 0.3) is 21.8 Å². The number of nitrogens with one attached hydrogen (secondary N) is 4. The molecule has 2 atom stereocenters. The Morgan fingerprint density at radius 3 is 1.50 bits per heavy atom. The Hall–Kier alpha value is -3.98. The Morgan fingerprint density at radius 2 is 1.07 bits per heavy atom. The van der Waals surface area contributed by atoms with Gasteiger partial charge in [0.15, 0.2) is 0 Å². The van der Waals surface area contributed by atoms with Crippen LogP contribution in [0.5, 0.6) is 0 Å². The highest BCUT2D eigenvalue weighted by atomic mass is 16.2. The van der Waals surface area contributed by atoms with Crippen molar-refractivity contribution >= 4 is 33.6 Å². The fraction of sp³-hybridized carbons (Fsp3) is 0.167. The van der Waals surface area contributed by atoms with E-state index in [0.717, 1.165) is 32.9 Å². The van der Waals surface area contributed by atoms with Crippen molar-refractivity contribution in [1.29, 1.82) is 0 Å². The molecule has 1 fully saturated rings. The molecule has 6 heteroatoms. The van der Waals surface area contributed by atoms with E-state index in [0.29, 0.717) is 12.8 Å². The minimum absolute atomic E-state index is 0.144. The van der Waals surface area contributed by atoms with E-state index in [1.807, 2.05) is 60.9 Å². The number of benzene rings is 2. The second-order valence-corrected chi connectivity index (χ2v) is 7.25. The summed E-state index contributed by atoms with van der Waals surface area (Å²) in [5.41, 5.74) is 4.09. The molecule has 150 valence electrons. The summed E-state index contributed by atoms with van der Waals surface area (Å²) in [6, 6.07) is 14.8. The van der Waals surface area contributed by atoms with Crippen molar-refractivity contribution in [2.24, 2.45) is 0 Å². The summed E-state index contributed by atoms with van der Waals surface area (Å²) in [5.74, 6) is -0.288. The molecule has 1 aliphatic heterocycles. The van der Waals surface area contributed by atoms with Crippen LogP contribution in [0.1, 0.15) is 11.1 Å². The van der Waals surface area contributed by atoms with Gasteiger partial charge in [-0.3, -0.25) is 9.59 Å². The molecule has 2 aromatic heterocycles. The van der Waals surface area contributed by atoms with Crippen molar-refractivity contribution in [3.05, 3.63) is 72.1 Å². The van der Waals surface area contributed by atoms with Crippen LogP contribution in [-0.2, 0) is 22.4 Å². The summed E-state index contributed by atoms with van der Waals surface area (Å²) in [6.07, 6.45) is 12.7. The van der Waals surface area contributed by atoms with Gasteiger partial charge in [0, 0.05) is 47.0 Å². The number of amides is 2. The van der Waals surface area contributed by atoms with E-state index in [4.69, 9.17) is 0 Å². The number of carbonyl (C=O) groups is 2. The maximum absolute atomic E-state index is 12.7. The van der Waals surface area contributed by atoms with Crippen LogP contribution in [-0.4, -0.2) is 33.9 Å². The number of terminal acetylenes is 1. The fourth-order valence-corrected chi connectivity index (χ4v) is 4.00. The highest BCUT2D eigenvalue weighted by Gasteiger charge is 2.34. The molecule has 0 unspecified atom stereocenters. The van der Waals surface area contributed by atoms with Gasteiger partial charge >= 0.3 is 0 Å². The molecule has 0 spiro atoms. The normalized spacial score (nSPS) is 18.5. The predicted octanol–water partition coefficient (Wildman–Crippen LogP) is 2.67. The minimum Gasteiger partial charge on any atom is -0.361 e. The Bertz CT molecular complexity index is 1140. The van der Waals surface area contributed by atoms with Gasteiger partial charge in [-0.1, -0.05) is 36.4 Å². The molecule has 30 heavy (non-hydrogen) atoms. The number of H-pyrrole nitrogens is 2. The summed E-state index contributed by atoms with van der Waals surface area (Å²) < 4.78 is 0. The van der Waals surface area contributed by atoms with Crippen molar-refractivity contribution in [1.82, 2.24) is 20.6 Å². The average Bonchev–Trinajstić information content (AvgIpc) is 3.38. The van der Waals surface area contributed by atoms with Gasteiger partial charge in [-0.15, -0.1) is 12.8 Å². The molecule has 4 N–H and O–H groups in total. The molecule has 0 bridgehead atoms. The van der Waals surface area contributed by atoms with Crippen molar-refractivity contribution in [2.45, 2.75) is 24.9 Å². The maximum atomic E-state index is 12.7. The van der Waals surface area contributed by atoms with Crippen LogP contribution in [0, 0.1) is 12.8 Å². The zero-order valence-electron chi connectivity index (χ0n) is 16.3. The summed E-state index contributed by atoms with van der Waals surface area (Å²) in [6.45, 7) is 0. The lowest BCUT2D eigenvalue weighted by atomic mass is 9.98. The third-order valence-corrected chi connectivity index (χ3v) is 5.46. The van der Waals surface area contributed by atoms with Gasteiger partial charge in [0.25, 0.3) is 0 Å². The predicted molar refractivity (Wildman–Crippen MR) is 118 cm³/mol. The lowest BCUT2D eigenvalue weighted by Crippen LogP contribution is -2.62. The first-order valence-corrected chi connectivity index (χ1v) is 9.73. The fourth-order valence-electron chi connectivity index (χ4n) is 4.00. The molecule has 5 rings (SSSR count). The number of hydrogen-bond acceptors (Lipinski definition) is 2. The third kappa shape index (κ3) is 3.53. The molecule has 0 aliphatic carbocycles. The molecule has 1 aliphatic rings. The molecule has 2 amide bonds. The van der Waals surface area contributed by atoms with Crippen molar-refractivity contribution in [2.75, 3.05) is 0 Å². The van der Waals surface area contributed by atoms with Crippen LogP contribution >= 0.6 is 0 Å². The molecule has 3 heterocycles. The highest BCUT2D eigenvalue weighted by Crippen LogP contribution is 2.22. The second-order valence-electron chi connectivity index (χ2n) is 7.25. The first-order chi connectivity index (χ1) is 14.7. The highest BCUT2D eigenvalue weighted by molar-refractivity contribution is 5.98. The molecular formula is C24H22N4O2. The zero-order chi connectivity index (χ0) is 21.1. The Morgan fingerprint density at radius 1 is 0.667 bits per heavy atom. The number of carbonyl (C=O) groups excluding carboxylic acids is 2. The summed E-state index contributed by atoms with van der Waals surface area (Å²) in [5, 5.41) is 7.96. The van der Waals surface area contributed by atoms with Crippen LogP contribution in [0.15, 0.2) is 60.9 Å². The van der Waals surface area contributed by atoms with Crippen molar-refractivity contribution < 1.29 is 9.59 Å². The van der Waals surface area contributed by atoms with Crippen molar-refractivity contribution in [3.63, 3.8) is 0 Å². The number of rotatable bonds is 4. The largest absolute Gasteiger partial charge is 0.361 e. The lowest BCUT2D eigenvalue weighted by Gasteiger charge is -2.29. The smallest absolute Gasteiger partial charge is 0.243 e. The van der Waals surface area contributed by atoms with Gasteiger partial charge in [-0.2, -0.15) is 0 Å². The van der Waals surface area contributed by atoms with E-state index in [9.17, 15) is 9.59 Å². The SMILES string of the molecule is C#C.O=C1N[C@@H](Cc2c[nH]c3ccccc23)C(=O)N[C@H]1Cc1c[nH]c2ccccc12. The minimum atomic E-state index is -0.564. The van der Waals surface area contributed by atoms with E-state index in [1.54, 1.807) is 0 Å². The molecule has 6 nitrogen and oxygen atoms in total. The number of aromatic amines is 2. The van der Waals surface area contributed by atoms with Gasteiger partial charge in [-0.25, -0.2) is 0 Å². The Labute approximate surface area is 174 Å². The molecule has 4 aromatic rings. The number of hydrogen-bond donors (Lipinski definition) is 4. The molecular weight excluding hydrogens is 376 g/mol. The number of para-hydroxylation sites is 2. The first kappa shape index (κ1) is 19.3. The average molecular weight is 398 g/mol. The standard InChI is InChI=1S/C22H20N4O2.C2H2/c27-21-19(9-13-11-23-17-7-3-1-5-15(13)17)25-22(28)20(26-21)10-14-12-24-18-8-4-2-6-16(14)18;1-2/h1-8,11-12,19-20,23-24H,9-10H2,(H,25,28)(H,26,27);1-2H/t19-,20-;/m0./s1. The van der Waals surface area contributed by atoms with Crippen LogP contribution in [0.3, 0.4) is 0 Å². The van der Waals surface area contributed by atoms with E-state index < -0.39 is 12.1 Å². The molecule has 0 saturated carbocycles. The van der Waals surface area contributed by atoms with Gasteiger partial charge in [0.05, 0.1) is 0 Å². The Kier molecular flexibility index (Phi) is 5.27. The van der Waals surface area contributed by atoms with Crippen LogP contribution in [0.4, 0.5) is 0 Å². The van der Waals surface area contributed by atoms with Crippen LogP contribution < -0.4 is 10.6 Å². The summed E-state index contributed by atoms with van der Waals surface area (Å²) in [7, 11) is 0. The van der Waals surface area contributed by atoms with E-state index in [-0.39, 0.29) is 11.8 Å². The molecule has 2 aromatic carbocycles. The number of aromatic nitrogens is 2. The summed E-state index contributed by atoms with van der Waals surface area (Å²) in [4.78, 5) is 31.7. The lowest BCUT2D eigenvalue weighted by molar-refractivity contribution is -0.136. The van der Waals surface area contributed by atoms with E-state index in [1.165, 1.54) is 0 Å². The summed E-state index contributed by atoms with van der Waals surface area (Å²) >= 11 is 0. The van der Waals surface area contributed by atoms with Crippen LogP contribution in [0.2, 0.25) is 0 Å². The topological polar surface area (TPSA) is 89.8 Å². The second kappa shape index (κ2) is 8.18. The maximum Gasteiger partial charge on any atom is 0.243 e. The number of piperazine rings is 1. The molecule has 1 saturated heterocycles. The van der Waals surface area contributed by atoms with Crippen molar-refractivity contribution in [3.8, 4) is 12.8 Å². The van der Waals surface area contributed by atoms with E-state index >= 15 is 0 Å². The third-order valence-electron chi connectivity index (χ3n) is 5.46. The monoisotopic (exact) mass is 398 g/mol. The zero-order valence-corrected chi connectivity index (χ0v) is 16.3. The Balaban J connectivity index is 0.00000106. The first-order valence-electron chi connectivity index (χ1n) is 9.73.